The molecular weight excluding hydrogens is 308 g/mol. The highest BCUT2D eigenvalue weighted by atomic mass is 16.1. The molecule has 1 N–H and O–H groups in total. The Kier molecular flexibility index (Phi) is 4.37. The van der Waals surface area contributed by atoms with Crippen LogP contribution < -0.4 is 20.9 Å². The average molecular weight is 330 g/mol. The third-order valence-corrected chi connectivity index (χ3v) is 4.31. The van der Waals surface area contributed by atoms with Crippen molar-refractivity contribution >= 4 is 11.8 Å². The topological polar surface area (TPSA) is 87.1 Å². The van der Waals surface area contributed by atoms with Gasteiger partial charge >= 0.3 is 0 Å². The summed E-state index contributed by atoms with van der Waals surface area (Å²) in [5.74, 6) is 1.13. The molecular formula is C16H22N6O2. The van der Waals surface area contributed by atoms with Crippen molar-refractivity contribution in [2.45, 2.75) is 25.8 Å². The molecule has 2 aromatic heterocycles. The Morgan fingerprint density at radius 1 is 1.38 bits per heavy atom. The van der Waals surface area contributed by atoms with E-state index in [1.807, 2.05) is 25.9 Å². The number of anilines is 2. The summed E-state index contributed by atoms with van der Waals surface area (Å²) >= 11 is 0. The predicted octanol–water partition coefficient (Wildman–Crippen LogP) is 0.406. The van der Waals surface area contributed by atoms with Crippen LogP contribution in [0.5, 0.6) is 0 Å². The molecule has 1 aliphatic rings. The summed E-state index contributed by atoms with van der Waals surface area (Å²) in [7, 11) is 3.67. The van der Waals surface area contributed by atoms with Gasteiger partial charge in [0.15, 0.2) is 5.82 Å². The lowest BCUT2D eigenvalue weighted by Gasteiger charge is -2.18. The van der Waals surface area contributed by atoms with Gasteiger partial charge < -0.3 is 14.4 Å². The third kappa shape index (κ3) is 3.04. The first-order valence-corrected chi connectivity index (χ1v) is 8.08. The van der Waals surface area contributed by atoms with Gasteiger partial charge in [0.2, 0.25) is 5.95 Å². The number of aromatic nitrogens is 4. The normalized spacial score (nSPS) is 17.3. The van der Waals surface area contributed by atoms with Gasteiger partial charge in [0, 0.05) is 58.1 Å². The fourth-order valence-electron chi connectivity index (χ4n) is 2.98. The van der Waals surface area contributed by atoms with Crippen molar-refractivity contribution in [3.05, 3.63) is 44.9 Å². The first-order valence-electron chi connectivity index (χ1n) is 8.08. The molecule has 0 aliphatic carbocycles. The van der Waals surface area contributed by atoms with Crippen LogP contribution >= 0.6 is 0 Å². The van der Waals surface area contributed by atoms with Crippen molar-refractivity contribution in [3.63, 3.8) is 0 Å². The average Bonchev–Trinajstić information content (AvgIpc) is 3.04. The summed E-state index contributed by atoms with van der Waals surface area (Å²) in [4.78, 5) is 39.5. The van der Waals surface area contributed by atoms with E-state index in [0.29, 0.717) is 24.9 Å². The number of aromatic amines is 1. The standard InChI is InChI=1S/C16H22N6O2/c1-4-21-8-6-17-14(15(21)24)22-7-5-11(10-22)12-9-13(23)19-16(18-12)20(2)3/h6,8-9,11H,4-5,7,10H2,1-3H3,(H,18,19,23). The Labute approximate surface area is 139 Å². The van der Waals surface area contributed by atoms with E-state index in [1.165, 1.54) is 0 Å². The molecule has 0 radical (unpaired) electrons. The summed E-state index contributed by atoms with van der Waals surface area (Å²) in [5.41, 5.74) is 0.526. The van der Waals surface area contributed by atoms with Crippen LogP contribution in [0.15, 0.2) is 28.0 Å². The molecule has 8 nitrogen and oxygen atoms in total. The third-order valence-electron chi connectivity index (χ3n) is 4.31. The smallest absolute Gasteiger partial charge is 0.293 e. The summed E-state index contributed by atoms with van der Waals surface area (Å²) in [6.45, 7) is 3.92. The van der Waals surface area contributed by atoms with Crippen molar-refractivity contribution in [1.29, 1.82) is 0 Å². The maximum absolute atomic E-state index is 12.4. The molecule has 8 heteroatoms. The molecule has 1 unspecified atom stereocenters. The zero-order valence-corrected chi connectivity index (χ0v) is 14.2. The molecule has 0 amide bonds. The largest absolute Gasteiger partial charge is 0.351 e. The number of H-pyrrole nitrogens is 1. The highest BCUT2D eigenvalue weighted by molar-refractivity contribution is 5.39. The minimum atomic E-state index is -0.159. The Hall–Kier alpha value is -2.64. The van der Waals surface area contributed by atoms with Gasteiger partial charge in [-0.3, -0.25) is 14.6 Å². The molecule has 3 heterocycles. The second kappa shape index (κ2) is 6.46. The molecule has 3 rings (SSSR count). The first-order chi connectivity index (χ1) is 11.5. The minimum Gasteiger partial charge on any atom is -0.351 e. The van der Waals surface area contributed by atoms with Crippen LogP contribution in [0.1, 0.15) is 25.0 Å². The van der Waals surface area contributed by atoms with Gasteiger partial charge in [-0.2, -0.15) is 0 Å². The van der Waals surface area contributed by atoms with Gasteiger partial charge in [-0.15, -0.1) is 0 Å². The van der Waals surface area contributed by atoms with Gasteiger partial charge in [-0.1, -0.05) is 0 Å². The highest BCUT2D eigenvalue weighted by Crippen LogP contribution is 2.27. The molecule has 0 saturated carbocycles. The number of nitrogens with zero attached hydrogens (tertiary/aromatic N) is 5. The van der Waals surface area contributed by atoms with Crippen LogP contribution in [-0.4, -0.2) is 46.7 Å². The first kappa shape index (κ1) is 16.2. The van der Waals surface area contributed by atoms with E-state index in [4.69, 9.17) is 0 Å². The lowest BCUT2D eigenvalue weighted by molar-refractivity contribution is 0.705. The second-order valence-corrected chi connectivity index (χ2v) is 6.16. The SMILES string of the molecule is CCn1ccnc(N2CCC(c3cc(=O)[nH]c(N(C)C)n3)C2)c1=O. The van der Waals surface area contributed by atoms with Crippen LogP contribution in [-0.2, 0) is 6.54 Å². The monoisotopic (exact) mass is 330 g/mol. The Bertz CT molecular complexity index is 841. The lowest BCUT2D eigenvalue weighted by Crippen LogP contribution is -2.31. The lowest BCUT2D eigenvalue weighted by atomic mass is 10.1. The van der Waals surface area contributed by atoms with Gasteiger partial charge in [0.25, 0.3) is 11.1 Å². The predicted molar refractivity (Wildman–Crippen MR) is 92.9 cm³/mol. The molecule has 1 saturated heterocycles. The van der Waals surface area contributed by atoms with Crippen molar-refractivity contribution in [1.82, 2.24) is 19.5 Å². The summed E-state index contributed by atoms with van der Waals surface area (Å²) < 4.78 is 1.64. The number of aryl methyl sites for hydroxylation is 1. The van der Waals surface area contributed by atoms with Gasteiger partial charge in [-0.25, -0.2) is 9.97 Å². The van der Waals surface area contributed by atoms with E-state index in [1.54, 1.807) is 27.9 Å². The van der Waals surface area contributed by atoms with Crippen molar-refractivity contribution in [2.75, 3.05) is 37.0 Å². The van der Waals surface area contributed by atoms with Crippen LogP contribution in [0.3, 0.4) is 0 Å². The van der Waals surface area contributed by atoms with E-state index in [-0.39, 0.29) is 17.0 Å². The van der Waals surface area contributed by atoms with E-state index >= 15 is 0 Å². The zero-order valence-electron chi connectivity index (χ0n) is 14.2. The molecule has 2 aromatic rings. The Morgan fingerprint density at radius 2 is 2.17 bits per heavy atom. The fourth-order valence-corrected chi connectivity index (χ4v) is 2.98. The van der Waals surface area contributed by atoms with E-state index in [0.717, 1.165) is 18.7 Å². The molecule has 128 valence electrons. The number of hydrogen-bond acceptors (Lipinski definition) is 6. The van der Waals surface area contributed by atoms with Gasteiger partial charge in [-0.05, 0) is 13.3 Å². The zero-order chi connectivity index (χ0) is 17.3. The van der Waals surface area contributed by atoms with E-state index in [2.05, 4.69) is 15.0 Å². The maximum atomic E-state index is 12.4. The number of nitrogens with one attached hydrogen (secondary N) is 1. The summed E-state index contributed by atoms with van der Waals surface area (Å²) in [5, 5.41) is 0. The fraction of sp³-hybridized carbons (Fsp3) is 0.500. The maximum Gasteiger partial charge on any atom is 0.293 e. The molecule has 24 heavy (non-hydrogen) atoms. The van der Waals surface area contributed by atoms with Crippen LogP contribution in [0.2, 0.25) is 0 Å². The van der Waals surface area contributed by atoms with Crippen LogP contribution in [0.4, 0.5) is 11.8 Å². The second-order valence-electron chi connectivity index (χ2n) is 6.16. The van der Waals surface area contributed by atoms with E-state index in [9.17, 15) is 9.59 Å². The van der Waals surface area contributed by atoms with Crippen molar-refractivity contribution < 1.29 is 0 Å². The molecule has 0 spiro atoms. The molecule has 0 bridgehead atoms. The quantitative estimate of drug-likeness (QED) is 0.873. The minimum absolute atomic E-state index is 0.0755. The Morgan fingerprint density at radius 3 is 2.88 bits per heavy atom. The van der Waals surface area contributed by atoms with E-state index < -0.39 is 0 Å². The van der Waals surface area contributed by atoms with Gasteiger partial charge in [0.1, 0.15) is 0 Å². The molecule has 1 fully saturated rings. The van der Waals surface area contributed by atoms with Crippen LogP contribution in [0, 0.1) is 0 Å². The molecule has 1 aliphatic heterocycles. The van der Waals surface area contributed by atoms with Crippen molar-refractivity contribution in [3.8, 4) is 0 Å². The summed E-state index contributed by atoms with van der Waals surface area (Å²) in [6, 6.07) is 1.55. The molecule has 1 atom stereocenters. The summed E-state index contributed by atoms with van der Waals surface area (Å²) in [6.07, 6.45) is 4.19. The Balaban J connectivity index is 1.86. The number of hydrogen-bond donors (Lipinski definition) is 1. The number of rotatable bonds is 4. The van der Waals surface area contributed by atoms with Gasteiger partial charge in [0.05, 0.1) is 5.69 Å². The molecule has 0 aromatic carbocycles. The van der Waals surface area contributed by atoms with Crippen molar-refractivity contribution in [2.24, 2.45) is 0 Å². The van der Waals surface area contributed by atoms with Crippen LogP contribution in [0.25, 0.3) is 0 Å². The highest BCUT2D eigenvalue weighted by Gasteiger charge is 2.28.